The molecule has 1 unspecified atom stereocenters. The number of carbonyl (C=O) groups is 1. The molecule has 3 rings (SSSR count). The summed E-state index contributed by atoms with van der Waals surface area (Å²) in [6, 6.07) is 9.78. The van der Waals surface area contributed by atoms with Crippen LogP contribution in [0.1, 0.15) is 40.4 Å². The van der Waals surface area contributed by atoms with Crippen LogP contribution in [0, 0.1) is 6.92 Å². The Morgan fingerprint density at radius 1 is 1.33 bits per heavy atom. The molecule has 1 aromatic heterocycles. The van der Waals surface area contributed by atoms with Gasteiger partial charge < -0.3 is 10.0 Å². The molecule has 1 N–H and O–H groups in total. The van der Waals surface area contributed by atoms with Gasteiger partial charge >= 0.3 is 0 Å². The van der Waals surface area contributed by atoms with Gasteiger partial charge in [-0.3, -0.25) is 9.78 Å². The number of hydrogen-bond acceptors (Lipinski definition) is 3. The molecule has 2 heterocycles. The lowest BCUT2D eigenvalue weighted by Crippen LogP contribution is -2.30. The second-order valence-electron chi connectivity index (χ2n) is 5.44. The van der Waals surface area contributed by atoms with E-state index in [1.54, 1.807) is 0 Å². The molecule has 1 aliphatic heterocycles. The second kappa shape index (κ2) is 5.56. The first kappa shape index (κ1) is 13.6. The quantitative estimate of drug-likeness (QED) is 0.921. The number of amides is 1. The Balaban J connectivity index is 1.91. The number of likely N-dealkylation sites (tertiary alicyclic amines) is 1. The summed E-state index contributed by atoms with van der Waals surface area (Å²) in [4.78, 5) is 18.5. The van der Waals surface area contributed by atoms with Crippen molar-refractivity contribution in [2.45, 2.75) is 25.8 Å². The van der Waals surface area contributed by atoms with Crippen LogP contribution in [0.4, 0.5) is 0 Å². The average Bonchev–Trinajstić information content (AvgIpc) is 2.96. The van der Waals surface area contributed by atoms with Gasteiger partial charge in [-0.25, -0.2) is 0 Å². The molecule has 2 aromatic rings. The highest BCUT2D eigenvalue weighted by Gasteiger charge is 2.31. The number of aryl methyl sites for hydroxylation is 1. The summed E-state index contributed by atoms with van der Waals surface area (Å²) in [7, 11) is 0. The van der Waals surface area contributed by atoms with Crippen molar-refractivity contribution in [1.82, 2.24) is 9.88 Å². The van der Waals surface area contributed by atoms with E-state index in [4.69, 9.17) is 0 Å². The Morgan fingerprint density at radius 3 is 2.90 bits per heavy atom. The molecule has 0 bridgehead atoms. The maximum atomic E-state index is 12.7. The molecule has 1 amide bonds. The van der Waals surface area contributed by atoms with Crippen LogP contribution < -0.4 is 0 Å². The number of hydrogen-bond donors (Lipinski definition) is 1. The Labute approximate surface area is 124 Å². The summed E-state index contributed by atoms with van der Waals surface area (Å²) in [6.07, 6.45) is 4.81. The highest BCUT2D eigenvalue weighted by atomic mass is 16.3. The number of aromatic nitrogens is 1. The largest absolute Gasteiger partial charge is 0.506 e. The standard InChI is InChI=1S/C17H18N2O2/c1-12-5-2-3-6-15(12)16-7-4-8-19(16)17(21)13-9-14(20)11-18-10-13/h2-3,5-6,9-11,16,20H,4,7-8H2,1H3. The van der Waals surface area contributed by atoms with E-state index in [1.165, 1.54) is 29.6 Å². The third-order valence-electron chi connectivity index (χ3n) is 4.03. The molecule has 1 aromatic carbocycles. The minimum atomic E-state index is -0.0656. The van der Waals surface area contributed by atoms with Crippen LogP contribution in [0.5, 0.6) is 5.75 Å². The van der Waals surface area contributed by atoms with Gasteiger partial charge in [-0.05, 0) is 37.0 Å². The second-order valence-corrected chi connectivity index (χ2v) is 5.44. The summed E-state index contributed by atoms with van der Waals surface area (Å²) in [5, 5.41) is 9.50. The SMILES string of the molecule is Cc1ccccc1C1CCCN1C(=O)c1cncc(O)c1. The van der Waals surface area contributed by atoms with Crippen molar-refractivity contribution in [3.63, 3.8) is 0 Å². The number of rotatable bonds is 2. The summed E-state index contributed by atoms with van der Waals surface area (Å²) in [6.45, 7) is 2.82. The minimum absolute atomic E-state index is 0.0208. The van der Waals surface area contributed by atoms with Crippen molar-refractivity contribution in [3.05, 3.63) is 59.4 Å². The van der Waals surface area contributed by atoms with E-state index >= 15 is 0 Å². The molecule has 1 fully saturated rings. The number of carbonyl (C=O) groups excluding carboxylic acids is 1. The van der Waals surface area contributed by atoms with Gasteiger partial charge in [0.05, 0.1) is 17.8 Å². The van der Waals surface area contributed by atoms with E-state index in [0.717, 1.165) is 19.4 Å². The van der Waals surface area contributed by atoms with Crippen LogP contribution in [0.2, 0.25) is 0 Å². The maximum Gasteiger partial charge on any atom is 0.256 e. The third kappa shape index (κ3) is 2.61. The lowest BCUT2D eigenvalue weighted by molar-refractivity contribution is 0.0734. The zero-order chi connectivity index (χ0) is 14.8. The van der Waals surface area contributed by atoms with Crippen LogP contribution in [0.25, 0.3) is 0 Å². The minimum Gasteiger partial charge on any atom is -0.506 e. The molecular formula is C17H18N2O2. The van der Waals surface area contributed by atoms with E-state index in [1.807, 2.05) is 17.0 Å². The van der Waals surface area contributed by atoms with Gasteiger partial charge in [0.25, 0.3) is 5.91 Å². The lowest BCUT2D eigenvalue weighted by Gasteiger charge is -2.26. The lowest BCUT2D eigenvalue weighted by atomic mass is 9.99. The van der Waals surface area contributed by atoms with Crippen LogP contribution in [0.15, 0.2) is 42.7 Å². The predicted molar refractivity (Wildman–Crippen MR) is 80.1 cm³/mol. The van der Waals surface area contributed by atoms with Crippen molar-refractivity contribution in [2.24, 2.45) is 0 Å². The topological polar surface area (TPSA) is 53.4 Å². The number of benzene rings is 1. The molecule has 1 saturated heterocycles. The van der Waals surface area contributed by atoms with E-state index in [-0.39, 0.29) is 17.7 Å². The molecule has 21 heavy (non-hydrogen) atoms. The zero-order valence-electron chi connectivity index (χ0n) is 12.0. The molecule has 1 aliphatic rings. The first-order valence-electron chi connectivity index (χ1n) is 7.17. The highest BCUT2D eigenvalue weighted by molar-refractivity contribution is 5.94. The number of pyridine rings is 1. The molecule has 4 heteroatoms. The fourth-order valence-corrected chi connectivity index (χ4v) is 3.00. The van der Waals surface area contributed by atoms with E-state index in [9.17, 15) is 9.90 Å². The van der Waals surface area contributed by atoms with Crippen LogP contribution >= 0.6 is 0 Å². The predicted octanol–water partition coefficient (Wildman–Crippen LogP) is 3.07. The molecule has 1 atom stereocenters. The first-order chi connectivity index (χ1) is 10.2. The summed E-state index contributed by atoms with van der Waals surface area (Å²) in [5.41, 5.74) is 2.85. The van der Waals surface area contributed by atoms with Gasteiger partial charge in [0.2, 0.25) is 0 Å². The van der Waals surface area contributed by atoms with E-state index in [0.29, 0.717) is 5.56 Å². The summed E-state index contributed by atoms with van der Waals surface area (Å²) in [5.74, 6) is -0.0448. The maximum absolute atomic E-state index is 12.7. The van der Waals surface area contributed by atoms with Crippen LogP contribution in [0.3, 0.4) is 0 Å². The summed E-state index contributed by atoms with van der Waals surface area (Å²) >= 11 is 0. The van der Waals surface area contributed by atoms with Gasteiger partial charge in [0.1, 0.15) is 5.75 Å². The molecule has 0 spiro atoms. The van der Waals surface area contributed by atoms with Crippen molar-refractivity contribution >= 4 is 5.91 Å². The van der Waals surface area contributed by atoms with Gasteiger partial charge in [-0.2, -0.15) is 0 Å². The Morgan fingerprint density at radius 2 is 2.14 bits per heavy atom. The summed E-state index contributed by atoms with van der Waals surface area (Å²) < 4.78 is 0. The fourth-order valence-electron chi connectivity index (χ4n) is 3.00. The average molecular weight is 282 g/mol. The molecule has 108 valence electrons. The van der Waals surface area contributed by atoms with Crippen molar-refractivity contribution in [1.29, 1.82) is 0 Å². The van der Waals surface area contributed by atoms with Gasteiger partial charge in [-0.1, -0.05) is 24.3 Å². The van der Waals surface area contributed by atoms with Crippen molar-refractivity contribution < 1.29 is 9.90 Å². The third-order valence-corrected chi connectivity index (χ3v) is 4.03. The van der Waals surface area contributed by atoms with E-state index in [2.05, 4.69) is 24.0 Å². The Bertz CT molecular complexity index is 669. The molecular weight excluding hydrogens is 264 g/mol. The van der Waals surface area contributed by atoms with Crippen LogP contribution in [-0.4, -0.2) is 27.4 Å². The zero-order valence-corrected chi connectivity index (χ0v) is 12.0. The fraction of sp³-hybridized carbons (Fsp3) is 0.294. The highest BCUT2D eigenvalue weighted by Crippen LogP contribution is 2.34. The van der Waals surface area contributed by atoms with Crippen molar-refractivity contribution in [2.75, 3.05) is 6.54 Å². The van der Waals surface area contributed by atoms with Gasteiger partial charge in [0.15, 0.2) is 0 Å². The number of aromatic hydroxyl groups is 1. The smallest absolute Gasteiger partial charge is 0.256 e. The molecule has 0 radical (unpaired) electrons. The number of nitrogens with zero attached hydrogens (tertiary/aromatic N) is 2. The molecule has 0 aliphatic carbocycles. The first-order valence-corrected chi connectivity index (χ1v) is 7.17. The van der Waals surface area contributed by atoms with Crippen LogP contribution in [-0.2, 0) is 0 Å². The van der Waals surface area contributed by atoms with Crippen molar-refractivity contribution in [3.8, 4) is 5.75 Å². The van der Waals surface area contributed by atoms with E-state index < -0.39 is 0 Å². The molecule has 4 nitrogen and oxygen atoms in total. The van der Waals surface area contributed by atoms with Gasteiger partial charge in [0, 0.05) is 12.7 Å². The molecule has 0 saturated carbocycles. The Kier molecular flexibility index (Phi) is 3.60. The van der Waals surface area contributed by atoms with Gasteiger partial charge in [-0.15, -0.1) is 0 Å². The monoisotopic (exact) mass is 282 g/mol. The Hall–Kier alpha value is -2.36. The normalized spacial score (nSPS) is 18.0.